The Bertz CT molecular complexity index is 899. The van der Waals surface area contributed by atoms with Gasteiger partial charge >= 0.3 is 0 Å². The molecule has 0 radical (unpaired) electrons. The fourth-order valence-corrected chi connectivity index (χ4v) is 6.49. The molecule has 2 aromatic rings. The van der Waals surface area contributed by atoms with Crippen LogP contribution < -0.4 is 0 Å². The normalized spacial score (nSPS) is 23.1. The van der Waals surface area contributed by atoms with Gasteiger partial charge in [0.2, 0.25) is 0 Å². The molecule has 0 atom stereocenters. The summed E-state index contributed by atoms with van der Waals surface area (Å²) in [7, 11) is -1.94. The van der Waals surface area contributed by atoms with E-state index in [9.17, 15) is 0 Å². The molecule has 0 heterocycles. The monoisotopic (exact) mass is 473 g/mol. The zero-order chi connectivity index (χ0) is 22.7. The maximum Gasteiger partial charge on any atom is 0.192 e. The lowest BCUT2D eigenvalue weighted by molar-refractivity contribution is 0.0186. The Labute approximate surface area is 200 Å². The lowest BCUT2D eigenvalue weighted by Crippen LogP contribution is -2.51. The van der Waals surface area contributed by atoms with E-state index in [4.69, 9.17) is 33.6 Å². The van der Waals surface area contributed by atoms with Crippen molar-refractivity contribution in [1.82, 2.24) is 0 Å². The summed E-state index contributed by atoms with van der Waals surface area (Å²) in [6.07, 6.45) is 5.09. The molecule has 0 N–H and O–H groups in total. The quantitative estimate of drug-likeness (QED) is 0.192. The van der Waals surface area contributed by atoms with Gasteiger partial charge in [0, 0.05) is 11.4 Å². The van der Waals surface area contributed by atoms with Gasteiger partial charge in [0.25, 0.3) is 0 Å². The molecule has 5 heteroatoms. The van der Waals surface area contributed by atoms with Crippen LogP contribution >= 0.6 is 24.2 Å². The van der Waals surface area contributed by atoms with Crippen molar-refractivity contribution in [2.75, 3.05) is 0 Å². The standard InChI is InChI=1S/C26H36ClNOSSi/c1-25(2,3)31(4,5)29-26(19-24(30)28-23-13-9-12-22(27)18-23)16-14-21(15-17-26)20-10-7-6-8-11-20/h6-13,18,21H,14-17,19H2,1-5H3,(H,28,30). The van der Waals surface area contributed by atoms with Crippen molar-refractivity contribution in [2.24, 2.45) is 4.99 Å². The third-order valence-corrected chi connectivity index (χ3v) is 12.0. The second-order valence-electron chi connectivity index (χ2n) is 10.4. The SMILES string of the molecule is CC(C)(C)[Si](C)(C)OC1(C/C(S)=N/c2cccc(Cl)c2)CCC(c2ccccc2)CC1. The third kappa shape index (κ3) is 6.47. The van der Waals surface area contributed by atoms with Crippen molar-refractivity contribution >= 4 is 43.3 Å². The van der Waals surface area contributed by atoms with Gasteiger partial charge in [0.15, 0.2) is 8.32 Å². The van der Waals surface area contributed by atoms with E-state index in [-0.39, 0.29) is 10.6 Å². The average Bonchev–Trinajstić information content (AvgIpc) is 2.68. The van der Waals surface area contributed by atoms with Crippen molar-refractivity contribution in [3.8, 4) is 0 Å². The number of thiol groups is 1. The maximum atomic E-state index is 7.13. The number of hydrogen-bond donors (Lipinski definition) is 1. The van der Waals surface area contributed by atoms with E-state index < -0.39 is 8.32 Å². The Morgan fingerprint density at radius 3 is 2.32 bits per heavy atom. The van der Waals surface area contributed by atoms with E-state index in [0.717, 1.165) is 42.8 Å². The smallest absolute Gasteiger partial charge is 0.192 e. The molecule has 3 rings (SSSR count). The van der Waals surface area contributed by atoms with Crippen molar-refractivity contribution in [3.63, 3.8) is 0 Å². The molecular weight excluding hydrogens is 438 g/mol. The highest BCUT2D eigenvalue weighted by atomic mass is 35.5. The van der Waals surface area contributed by atoms with E-state index in [1.54, 1.807) is 0 Å². The number of benzene rings is 2. The lowest BCUT2D eigenvalue weighted by Gasteiger charge is -2.48. The van der Waals surface area contributed by atoms with Gasteiger partial charge in [-0.25, -0.2) is 4.99 Å². The van der Waals surface area contributed by atoms with Crippen LogP contribution in [0.5, 0.6) is 0 Å². The number of rotatable bonds is 6. The fraction of sp³-hybridized carbons (Fsp3) is 0.500. The Hall–Kier alpha value is -1.07. The first kappa shape index (κ1) is 24.6. The summed E-state index contributed by atoms with van der Waals surface area (Å²) in [5.41, 5.74) is 2.09. The van der Waals surface area contributed by atoms with Gasteiger partial charge in [-0.2, -0.15) is 0 Å². The van der Waals surface area contributed by atoms with Gasteiger partial charge in [-0.05, 0) is 73.5 Å². The molecular formula is C26H36ClNOSSi. The molecule has 0 aliphatic heterocycles. The van der Waals surface area contributed by atoms with E-state index >= 15 is 0 Å². The Morgan fingerprint density at radius 2 is 1.74 bits per heavy atom. The molecule has 0 bridgehead atoms. The van der Waals surface area contributed by atoms with E-state index in [2.05, 4.69) is 64.2 Å². The fourth-order valence-electron chi connectivity index (χ4n) is 4.23. The molecule has 1 saturated carbocycles. The summed E-state index contributed by atoms with van der Waals surface area (Å²) in [5, 5.41) is 1.68. The molecule has 0 saturated heterocycles. The van der Waals surface area contributed by atoms with Crippen LogP contribution in [-0.2, 0) is 4.43 Å². The van der Waals surface area contributed by atoms with Crippen LogP contribution in [0, 0.1) is 0 Å². The summed E-state index contributed by atoms with van der Waals surface area (Å²) < 4.78 is 7.13. The largest absolute Gasteiger partial charge is 0.411 e. The molecule has 2 nitrogen and oxygen atoms in total. The zero-order valence-corrected chi connectivity index (χ0v) is 22.1. The van der Waals surface area contributed by atoms with Crippen LogP contribution in [0.4, 0.5) is 5.69 Å². The lowest BCUT2D eigenvalue weighted by atomic mass is 9.75. The molecule has 168 valence electrons. The van der Waals surface area contributed by atoms with E-state index in [0.29, 0.717) is 10.9 Å². The minimum absolute atomic E-state index is 0.164. The third-order valence-electron chi connectivity index (χ3n) is 6.99. The van der Waals surface area contributed by atoms with Gasteiger partial charge < -0.3 is 4.43 Å². The van der Waals surface area contributed by atoms with Crippen molar-refractivity contribution < 1.29 is 4.43 Å². The van der Waals surface area contributed by atoms with Gasteiger partial charge in [0.05, 0.1) is 16.3 Å². The number of halogens is 1. The minimum atomic E-state index is -1.94. The van der Waals surface area contributed by atoms with Crippen LogP contribution in [0.15, 0.2) is 59.6 Å². The highest BCUT2D eigenvalue weighted by Crippen LogP contribution is 2.47. The number of nitrogens with zero attached hydrogens (tertiary/aromatic N) is 1. The molecule has 31 heavy (non-hydrogen) atoms. The first-order valence-electron chi connectivity index (χ1n) is 11.3. The summed E-state index contributed by atoms with van der Waals surface area (Å²) in [6.45, 7) is 11.6. The molecule has 1 fully saturated rings. The van der Waals surface area contributed by atoms with Crippen LogP contribution in [0.25, 0.3) is 0 Å². The van der Waals surface area contributed by atoms with E-state index in [1.165, 1.54) is 5.56 Å². The first-order chi connectivity index (χ1) is 14.5. The van der Waals surface area contributed by atoms with Gasteiger partial charge in [0.1, 0.15) is 0 Å². The summed E-state index contributed by atoms with van der Waals surface area (Å²) in [4.78, 5) is 4.76. The van der Waals surface area contributed by atoms with Crippen LogP contribution in [0.1, 0.15) is 64.4 Å². The number of aliphatic imine (C=N–C) groups is 1. The summed E-state index contributed by atoms with van der Waals surface area (Å²) in [5.74, 6) is 0.602. The van der Waals surface area contributed by atoms with Gasteiger partial charge in [-0.3, -0.25) is 0 Å². The first-order valence-corrected chi connectivity index (χ1v) is 15.0. The molecule has 1 aliphatic carbocycles. The molecule has 0 aromatic heterocycles. The van der Waals surface area contributed by atoms with Crippen LogP contribution in [0.2, 0.25) is 23.2 Å². The van der Waals surface area contributed by atoms with Crippen LogP contribution in [-0.4, -0.2) is 19.0 Å². The van der Waals surface area contributed by atoms with E-state index in [1.807, 2.05) is 24.3 Å². The summed E-state index contributed by atoms with van der Waals surface area (Å²) >= 11 is 10.9. The predicted molar refractivity (Wildman–Crippen MR) is 141 cm³/mol. The van der Waals surface area contributed by atoms with Crippen molar-refractivity contribution in [1.29, 1.82) is 0 Å². The topological polar surface area (TPSA) is 21.6 Å². The Balaban J connectivity index is 1.83. The number of hydrogen-bond acceptors (Lipinski definition) is 2. The van der Waals surface area contributed by atoms with Crippen LogP contribution in [0.3, 0.4) is 0 Å². The Morgan fingerprint density at radius 1 is 1.10 bits per heavy atom. The maximum absolute atomic E-state index is 7.13. The minimum Gasteiger partial charge on any atom is -0.411 e. The Kier molecular flexibility index (Phi) is 7.78. The molecule has 2 aromatic carbocycles. The molecule has 0 unspecified atom stereocenters. The van der Waals surface area contributed by atoms with Gasteiger partial charge in [-0.15, -0.1) is 12.6 Å². The zero-order valence-electron chi connectivity index (χ0n) is 19.5. The van der Waals surface area contributed by atoms with Gasteiger partial charge in [-0.1, -0.05) is 68.8 Å². The predicted octanol–water partition coefficient (Wildman–Crippen LogP) is 8.81. The average molecular weight is 474 g/mol. The van der Waals surface area contributed by atoms with Crippen molar-refractivity contribution in [3.05, 3.63) is 65.2 Å². The molecule has 0 amide bonds. The van der Waals surface area contributed by atoms with Crippen molar-refractivity contribution in [2.45, 2.75) is 82.5 Å². The molecule has 1 aliphatic rings. The highest BCUT2D eigenvalue weighted by molar-refractivity contribution is 7.97. The molecule has 0 spiro atoms. The second-order valence-corrected chi connectivity index (χ2v) is 16.1. The highest BCUT2D eigenvalue weighted by Gasteiger charge is 2.46. The second kappa shape index (κ2) is 9.82. The summed E-state index contributed by atoms with van der Waals surface area (Å²) in [6, 6.07) is 18.5.